The van der Waals surface area contributed by atoms with Crippen LogP contribution in [0.1, 0.15) is 10.6 Å². The van der Waals surface area contributed by atoms with Crippen LogP contribution in [-0.4, -0.2) is 54.3 Å². The van der Waals surface area contributed by atoms with Crippen LogP contribution in [0, 0.1) is 0 Å². The largest absolute Gasteiger partial charge is 0.459 e. The second kappa shape index (κ2) is 7.91. The fourth-order valence-corrected chi connectivity index (χ4v) is 3.16. The highest BCUT2D eigenvalue weighted by molar-refractivity contribution is 6.39. The van der Waals surface area contributed by atoms with E-state index in [2.05, 4.69) is 5.32 Å². The summed E-state index contributed by atoms with van der Waals surface area (Å²) in [5, 5.41) is 3.54. The Balaban J connectivity index is 1.50. The number of carbonyl (C=O) groups is 2. The van der Waals surface area contributed by atoms with Crippen molar-refractivity contribution in [2.75, 3.05) is 38.0 Å². The van der Waals surface area contributed by atoms with E-state index in [1.807, 2.05) is 4.90 Å². The van der Waals surface area contributed by atoms with Gasteiger partial charge in [0.05, 0.1) is 28.5 Å². The molecule has 0 saturated carbocycles. The van der Waals surface area contributed by atoms with E-state index in [9.17, 15) is 9.59 Å². The van der Waals surface area contributed by atoms with Gasteiger partial charge in [0.1, 0.15) is 0 Å². The molecule has 3 rings (SSSR count). The maximum absolute atomic E-state index is 12.2. The van der Waals surface area contributed by atoms with Crippen LogP contribution in [0.25, 0.3) is 0 Å². The first-order valence-corrected chi connectivity index (χ1v) is 8.59. The maximum atomic E-state index is 12.2. The number of halogens is 2. The van der Waals surface area contributed by atoms with Gasteiger partial charge in [-0.25, -0.2) is 0 Å². The molecule has 1 N–H and O–H groups in total. The third-order valence-electron chi connectivity index (χ3n) is 3.99. The monoisotopic (exact) mass is 381 g/mol. The van der Waals surface area contributed by atoms with Gasteiger partial charge in [-0.3, -0.25) is 14.5 Å². The molecule has 25 heavy (non-hydrogen) atoms. The number of nitrogens with one attached hydrogen (secondary N) is 1. The van der Waals surface area contributed by atoms with Gasteiger partial charge in [-0.2, -0.15) is 0 Å². The fourth-order valence-electron chi connectivity index (χ4n) is 2.66. The molecular weight excluding hydrogens is 365 g/mol. The Morgan fingerprint density at radius 3 is 2.32 bits per heavy atom. The lowest BCUT2D eigenvalue weighted by atomic mass is 10.2. The van der Waals surface area contributed by atoms with Crippen LogP contribution in [-0.2, 0) is 4.79 Å². The second-order valence-corrected chi connectivity index (χ2v) is 6.50. The van der Waals surface area contributed by atoms with Gasteiger partial charge in [0.2, 0.25) is 5.91 Å². The van der Waals surface area contributed by atoms with Crippen LogP contribution < -0.4 is 5.32 Å². The highest BCUT2D eigenvalue weighted by Gasteiger charge is 2.24. The number of furan rings is 1. The Kier molecular flexibility index (Phi) is 5.63. The number of benzene rings is 1. The molecule has 1 aromatic heterocycles. The summed E-state index contributed by atoms with van der Waals surface area (Å²) in [7, 11) is 0. The van der Waals surface area contributed by atoms with E-state index >= 15 is 0 Å². The molecule has 2 amide bonds. The SMILES string of the molecule is O=C(CN1CCN(C(=O)c2ccco2)CC1)Nc1c(Cl)cccc1Cl. The van der Waals surface area contributed by atoms with E-state index in [0.29, 0.717) is 47.7 Å². The lowest BCUT2D eigenvalue weighted by molar-refractivity contribution is -0.117. The molecule has 132 valence electrons. The van der Waals surface area contributed by atoms with Crippen LogP contribution in [0.3, 0.4) is 0 Å². The summed E-state index contributed by atoms with van der Waals surface area (Å²) < 4.78 is 5.13. The number of rotatable bonds is 4. The molecule has 0 unspecified atom stereocenters. The Morgan fingerprint density at radius 1 is 1.04 bits per heavy atom. The van der Waals surface area contributed by atoms with Gasteiger partial charge in [-0.15, -0.1) is 0 Å². The summed E-state index contributed by atoms with van der Waals surface area (Å²) in [6, 6.07) is 8.39. The van der Waals surface area contributed by atoms with Crippen molar-refractivity contribution in [1.82, 2.24) is 9.80 Å². The van der Waals surface area contributed by atoms with Crippen LogP contribution in [0.5, 0.6) is 0 Å². The van der Waals surface area contributed by atoms with Crippen LogP contribution in [0.4, 0.5) is 5.69 Å². The van der Waals surface area contributed by atoms with Gasteiger partial charge >= 0.3 is 0 Å². The van der Waals surface area contributed by atoms with Crippen molar-refractivity contribution in [2.24, 2.45) is 0 Å². The summed E-state index contributed by atoms with van der Waals surface area (Å²) in [6.45, 7) is 2.51. The van der Waals surface area contributed by atoms with Gasteiger partial charge in [-0.1, -0.05) is 29.3 Å². The summed E-state index contributed by atoms with van der Waals surface area (Å²) in [5.41, 5.74) is 0.419. The van der Waals surface area contributed by atoms with E-state index in [0.717, 1.165) is 0 Å². The zero-order valence-corrected chi connectivity index (χ0v) is 14.9. The number of hydrogen-bond donors (Lipinski definition) is 1. The molecule has 0 spiro atoms. The van der Waals surface area contributed by atoms with Crippen LogP contribution >= 0.6 is 23.2 Å². The minimum absolute atomic E-state index is 0.128. The van der Waals surface area contributed by atoms with Crippen LogP contribution in [0.2, 0.25) is 10.0 Å². The van der Waals surface area contributed by atoms with Crippen molar-refractivity contribution < 1.29 is 14.0 Å². The molecule has 0 aliphatic carbocycles. The normalized spacial score (nSPS) is 15.2. The molecule has 1 aromatic carbocycles. The number of nitrogens with zero attached hydrogens (tertiary/aromatic N) is 2. The minimum Gasteiger partial charge on any atom is -0.459 e. The topological polar surface area (TPSA) is 65.8 Å². The van der Waals surface area contributed by atoms with Gasteiger partial charge < -0.3 is 14.6 Å². The van der Waals surface area contributed by atoms with Gasteiger partial charge in [0, 0.05) is 26.2 Å². The van der Waals surface area contributed by atoms with Crippen molar-refractivity contribution >= 4 is 40.7 Å². The van der Waals surface area contributed by atoms with E-state index in [1.165, 1.54) is 6.26 Å². The van der Waals surface area contributed by atoms with E-state index in [-0.39, 0.29) is 18.4 Å². The zero-order chi connectivity index (χ0) is 17.8. The Morgan fingerprint density at radius 2 is 1.72 bits per heavy atom. The fraction of sp³-hybridized carbons (Fsp3) is 0.294. The van der Waals surface area contributed by atoms with Gasteiger partial charge in [0.15, 0.2) is 5.76 Å². The van der Waals surface area contributed by atoms with Crippen molar-refractivity contribution in [3.8, 4) is 0 Å². The summed E-state index contributed by atoms with van der Waals surface area (Å²) in [6.07, 6.45) is 1.48. The van der Waals surface area contributed by atoms with Crippen molar-refractivity contribution in [2.45, 2.75) is 0 Å². The molecule has 1 saturated heterocycles. The maximum Gasteiger partial charge on any atom is 0.289 e. The van der Waals surface area contributed by atoms with Crippen molar-refractivity contribution in [3.05, 3.63) is 52.4 Å². The van der Waals surface area contributed by atoms with Gasteiger partial charge in [0.25, 0.3) is 5.91 Å². The smallest absolute Gasteiger partial charge is 0.289 e. The number of carbonyl (C=O) groups excluding carboxylic acids is 2. The van der Waals surface area contributed by atoms with Crippen molar-refractivity contribution in [3.63, 3.8) is 0 Å². The molecule has 1 aliphatic heterocycles. The predicted molar refractivity (Wildman–Crippen MR) is 96.1 cm³/mol. The Labute approximate surface area is 155 Å². The third kappa shape index (κ3) is 4.34. The number of amides is 2. The lowest BCUT2D eigenvalue weighted by Gasteiger charge is -2.33. The number of piperazine rings is 1. The Hall–Kier alpha value is -2.02. The first-order valence-electron chi connectivity index (χ1n) is 7.83. The van der Waals surface area contributed by atoms with E-state index < -0.39 is 0 Å². The molecule has 0 atom stereocenters. The lowest BCUT2D eigenvalue weighted by Crippen LogP contribution is -2.50. The van der Waals surface area contributed by atoms with Gasteiger partial charge in [-0.05, 0) is 24.3 Å². The number of hydrogen-bond acceptors (Lipinski definition) is 4. The predicted octanol–water partition coefficient (Wildman–Crippen LogP) is 2.98. The molecule has 0 radical (unpaired) electrons. The minimum atomic E-state index is -0.194. The molecule has 1 aliphatic rings. The first-order chi connectivity index (χ1) is 12.0. The Bertz CT molecular complexity index is 736. The zero-order valence-electron chi connectivity index (χ0n) is 13.4. The van der Waals surface area contributed by atoms with Crippen molar-refractivity contribution in [1.29, 1.82) is 0 Å². The molecule has 0 bridgehead atoms. The molecule has 1 fully saturated rings. The quantitative estimate of drug-likeness (QED) is 0.883. The molecule has 6 nitrogen and oxygen atoms in total. The molecule has 2 heterocycles. The summed E-state index contributed by atoms with van der Waals surface area (Å²) in [5.74, 6) is 0.0114. The third-order valence-corrected chi connectivity index (χ3v) is 4.62. The average molecular weight is 382 g/mol. The average Bonchev–Trinajstić information content (AvgIpc) is 3.13. The highest BCUT2D eigenvalue weighted by atomic mass is 35.5. The molecular formula is C17H17Cl2N3O3. The standard InChI is InChI=1S/C17H17Cl2N3O3/c18-12-3-1-4-13(19)16(12)20-15(23)11-21-6-8-22(9-7-21)17(24)14-5-2-10-25-14/h1-5,10H,6-9,11H2,(H,20,23). The summed E-state index contributed by atoms with van der Waals surface area (Å²) in [4.78, 5) is 28.1. The van der Waals surface area contributed by atoms with E-state index in [1.54, 1.807) is 35.2 Å². The number of para-hydroxylation sites is 1. The van der Waals surface area contributed by atoms with Crippen LogP contribution in [0.15, 0.2) is 41.0 Å². The molecule has 2 aromatic rings. The highest BCUT2D eigenvalue weighted by Crippen LogP contribution is 2.29. The second-order valence-electron chi connectivity index (χ2n) is 5.69. The van der Waals surface area contributed by atoms with E-state index in [4.69, 9.17) is 27.6 Å². The molecule has 8 heteroatoms. The number of anilines is 1. The first kappa shape index (κ1) is 17.8. The summed E-state index contributed by atoms with van der Waals surface area (Å²) >= 11 is 12.1.